The number of aromatic hydroxyl groups is 1. The van der Waals surface area contributed by atoms with Crippen molar-refractivity contribution < 1.29 is 9.84 Å². The highest BCUT2D eigenvalue weighted by atomic mass is 35.5. The van der Waals surface area contributed by atoms with E-state index in [-0.39, 0.29) is 5.75 Å². The molecule has 16 heavy (non-hydrogen) atoms. The summed E-state index contributed by atoms with van der Waals surface area (Å²) in [5, 5.41) is 9.57. The number of phenols is 1. The first-order valence-electron chi connectivity index (χ1n) is 4.76. The van der Waals surface area contributed by atoms with Crippen molar-refractivity contribution in [3.63, 3.8) is 0 Å². The lowest BCUT2D eigenvalue weighted by Crippen LogP contribution is -1.95. The summed E-state index contributed by atoms with van der Waals surface area (Å²) in [6, 6.07) is 8.61. The Balaban J connectivity index is 2.03. The Morgan fingerprint density at radius 3 is 2.88 bits per heavy atom. The van der Waals surface area contributed by atoms with Crippen LogP contribution in [0.4, 0.5) is 0 Å². The molecule has 0 aliphatic heterocycles. The van der Waals surface area contributed by atoms with Gasteiger partial charge in [-0.15, -0.1) is 0 Å². The van der Waals surface area contributed by atoms with E-state index in [0.717, 1.165) is 5.56 Å². The Morgan fingerprint density at radius 1 is 1.31 bits per heavy atom. The van der Waals surface area contributed by atoms with Crippen LogP contribution in [0.2, 0.25) is 5.02 Å². The molecule has 2 aromatic rings. The minimum absolute atomic E-state index is 0.0757. The van der Waals surface area contributed by atoms with Crippen LogP contribution in [0.1, 0.15) is 5.56 Å². The predicted molar refractivity (Wildman–Crippen MR) is 61.7 cm³/mol. The fraction of sp³-hybridized carbons (Fsp3) is 0.0833. The van der Waals surface area contributed by atoms with Crippen LogP contribution < -0.4 is 4.74 Å². The van der Waals surface area contributed by atoms with Crippen molar-refractivity contribution in [1.82, 2.24) is 4.98 Å². The summed E-state index contributed by atoms with van der Waals surface area (Å²) >= 11 is 5.78. The van der Waals surface area contributed by atoms with E-state index in [1.54, 1.807) is 36.7 Å². The van der Waals surface area contributed by atoms with Crippen molar-refractivity contribution in [2.75, 3.05) is 0 Å². The third kappa shape index (κ3) is 2.64. The number of rotatable bonds is 3. The van der Waals surface area contributed by atoms with Crippen LogP contribution in [0.3, 0.4) is 0 Å². The lowest BCUT2D eigenvalue weighted by atomic mass is 10.2. The van der Waals surface area contributed by atoms with E-state index in [1.165, 1.54) is 0 Å². The smallest absolute Gasteiger partial charge is 0.138 e. The summed E-state index contributed by atoms with van der Waals surface area (Å²) in [4.78, 5) is 3.94. The van der Waals surface area contributed by atoms with E-state index < -0.39 is 0 Å². The third-order valence-corrected chi connectivity index (χ3v) is 2.35. The fourth-order valence-electron chi connectivity index (χ4n) is 1.24. The lowest BCUT2D eigenvalue weighted by molar-refractivity contribution is 0.305. The highest BCUT2D eigenvalue weighted by Crippen LogP contribution is 2.24. The first kappa shape index (κ1) is 10.8. The zero-order chi connectivity index (χ0) is 11.4. The molecule has 0 fully saturated rings. The van der Waals surface area contributed by atoms with Crippen LogP contribution in [0.25, 0.3) is 0 Å². The van der Waals surface area contributed by atoms with E-state index in [4.69, 9.17) is 16.3 Å². The van der Waals surface area contributed by atoms with Gasteiger partial charge in [0.05, 0.1) is 11.2 Å². The monoisotopic (exact) mass is 235 g/mol. The van der Waals surface area contributed by atoms with E-state index in [2.05, 4.69) is 4.98 Å². The number of ether oxygens (including phenoxy) is 1. The molecule has 0 aliphatic rings. The zero-order valence-corrected chi connectivity index (χ0v) is 9.19. The zero-order valence-electron chi connectivity index (χ0n) is 8.43. The van der Waals surface area contributed by atoms with Crippen LogP contribution in [0.5, 0.6) is 11.5 Å². The Bertz CT molecular complexity index is 474. The molecule has 0 amide bonds. The van der Waals surface area contributed by atoms with Gasteiger partial charge in [0, 0.05) is 6.20 Å². The second-order valence-corrected chi connectivity index (χ2v) is 3.67. The second-order valence-electron chi connectivity index (χ2n) is 3.26. The molecule has 4 heteroatoms. The second kappa shape index (κ2) is 4.86. The van der Waals surface area contributed by atoms with Gasteiger partial charge in [0.2, 0.25) is 0 Å². The van der Waals surface area contributed by atoms with Gasteiger partial charge in [-0.05, 0) is 29.8 Å². The largest absolute Gasteiger partial charge is 0.506 e. The van der Waals surface area contributed by atoms with E-state index in [9.17, 15) is 5.11 Å². The molecule has 0 saturated heterocycles. The van der Waals surface area contributed by atoms with Crippen LogP contribution >= 0.6 is 11.6 Å². The maximum Gasteiger partial charge on any atom is 0.138 e. The lowest BCUT2D eigenvalue weighted by Gasteiger charge is -2.06. The molecule has 0 spiro atoms. The molecule has 1 aromatic heterocycles. The fourth-order valence-corrected chi connectivity index (χ4v) is 1.44. The van der Waals surface area contributed by atoms with Gasteiger partial charge in [-0.1, -0.05) is 17.7 Å². The molecule has 0 saturated carbocycles. The number of hydrogen-bond donors (Lipinski definition) is 1. The first-order chi connectivity index (χ1) is 7.75. The molecule has 0 atom stereocenters. The van der Waals surface area contributed by atoms with Crippen LogP contribution in [-0.4, -0.2) is 10.1 Å². The van der Waals surface area contributed by atoms with Crippen LogP contribution in [-0.2, 0) is 6.61 Å². The number of aromatic nitrogens is 1. The molecule has 1 aromatic carbocycles. The molecule has 0 bridgehead atoms. The quantitative estimate of drug-likeness (QED) is 0.889. The van der Waals surface area contributed by atoms with Crippen LogP contribution in [0, 0.1) is 0 Å². The molecule has 2 rings (SSSR count). The summed E-state index contributed by atoms with van der Waals surface area (Å²) in [7, 11) is 0. The molecule has 0 aliphatic carbocycles. The number of hydrogen-bond acceptors (Lipinski definition) is 3. The SMILES string of the molecule is Oc1ccc(COc2cccnc2)cc1Cl. The maximum absolute atomic E-state index is 9.25. The minimum Gasteiger partial charge on any atom is -0.506 e. The van der Waals surface area contributed by atoms with Crippen molar-refractivity contribution in [2.24, 2.45) is 0 Å². The van der Waals surface area contributed by atoms with Crippen molar-refractivity contribution in [2.45, 2.75) is 6.61 Å². The maximum atomic E-state index is 9.25. The summed E-state index contributed by atoms with van der Waals surface area (Å²) in [5.74, 6) is 0.776. The van der Waals surface area contributed by atoms with Gasteiger partial charge in [0.25, 0.3) is 0 Å². The Morgan fingerprint density at radius 2 is 2.19 bits per heavy atom. The van der Waals surface area contributed by atoms with Crippen molar-refractivity contribution in [1.29, 1.82) is 0 Å². The summed E-state index contributed by atoms with van der Waals surface area (Å²) < 4.78 is 5.48. The average molecular weight is 236 g/mol. The molecule has 82 valence electrons. The molecule has 1 heterocycles. The van der Waals surface area contributed by atoms with Gasteiger partial charge in [0.15, 0.2) is 0 Å². The molecule has 1 N–H and O–H groups in total. The molecule has 0 unspecified atom stereocenters. The van der Waals surface area contributed by atoms with Crippen LogP contribution in [0.15, 0.2) is 42.7 Å². The van der Waals surface area contributed by atoms with Gasteiger partial charge in [-0.3, -0.25) is 4.98 Å². The molecule has 3 nitrogen and oxygen atoms in total. The highest BCUT2D eigenvalue weighted by molar-refractivity contribution is 6.32. The van der Waals surface area contributed by atoms with E-state index in [0.29, 0.717) is 17.4 Å². The summed E-state index contributed by atoms with van der Waals surface area (Å²) in [5.41, 5.74) is 0.895. The normalized spacial score (nSPS) is 10.1. The highest BCUT2D eigenvalue weighted by Gasteiger charge is 2.00. The summed E-state index contributed by atoms with van der Waals surface area (Å²) in [6.07, 6.45) is 3.33. The van der Waals surface area contributed by atoms with E-state index >= 15 is 0 Å². The Labute approximate surface area is 98.3 Å². The Kier molecular flexibility index (Phi) is 3.27. The molecular formula is C12H10ClNO2. The number of halogens is 1. The average Bonchev–Trinajstić information content (AvgIpc) is 2.32. The van der Waals surface area contributed by atoms with Gasteiger partial charge < -0.3 is 9.84 Å². The number of benzene rings is 1. The van der Waals surface area contributed by atoms with Crippen molar-refractivity contribution in [3.05, 3.63) is 53.3 Å². The molecule has 0 radical (unpaired) electrons. The standard InChI is InChI=1S/C12H10ClNO2/c13-11-6-9(3-4-12(11)15)8-16-10-2-1-5-14-7-10/h1-7,15H,8H2. The van der Waals surface area contributed by atoms with Gasteiger partial charge in [-0.25, -0.2) is 0 Å². The third-order valence-electron chi connectivity index (χ3n) is 2.05. The molecular weight excluding hydrogens is 226 g/mol. The topological polar surface area (TPSA) is 42.4 Å². The number of pyridine rings is 1. The summed E-state index contributed by atoms with van der Waals surface area (Å²) in [6.45, 7) is 0.395. The van der Waals surface area contributed by atoms with Gasteiger partial charge >= 0.3 is 0 Å². The van der Waals surface area contributed by atoms with Crippen molar-refractivity contribution in [3.8, 4) is 11.5 Å². The van der Waals surface area contributed by atoms with E-state index in [1.807, 2.05) is 6.07 Å². The van der Waals surface area contributed by atoms with Gasteiger partial charge in [0.1, 0.15) is 18.1 Å². The predicted octanol–water partition coefficient (Wildman–Crippen LogP) is 3.02. The number of phenolic OH excluding ortho intramolecular Hbond substituents is 1. The van der Waals surface area contributed by atoms with Gasteiger partial charge in [-0.2, -0.15) is 0 Å². The first-order valence-corrected chi connectivity index (χ1v) is 5.14. The number of nitrogens with zero attached hydrogens (tertiary/aromatic N) is 1. The minimum atomic E-state index is 0.0757. The Hall–Kier alpha value is -1.74. The van der Waals surface area contributed by atoms with Crippen molar-refractivity contribution >= 4 is 11.6 Å².